The molecule has 2 aliphatic rings. The van der Waals surface area contributed by atoms with Crippen LogP contribution in [0.2, 0.25) is 0 Å². The number of Topliss-reactive ketones (excluding diaryl/α,β-unsaturated/α-hetero) is 1. The first-order valence-electron chi connectivity index (χ1n) is 15.6. The van der Waals surface area contributed by atoms with Gasteiger partial charge in [-0.2, -0.15) is 0 Å². The number of benzene rings is 6. The number of carbonyl (C=O) groups is 4. The van der Waals surface area contributed by atoms with Crippen LogP contribution in [-0.2, 0) is 0 Å². The maximum atomic E-state index is 13.5. The average molecular weight is 643 g/mol. The van der Waals surface area contributed by atoms with Crippen molar-refractivity contribution in [2.45, 2.75) is 0 Å². The third-order valence-corrected chi connectivity index (χ3v) is 8.52. The minimum Gasteiger partial charge on any atom is -0.457 e. The number of rotatable bonds is 7. The summed E-state index contributed by atoms with van der Waals surface area (Å²) >= 11 is 0. The summed E-state index contributed by atoms with van der Waals surface area (Å²) in [5.74, 6) is 1.19. The lowest BCUT2D eigenvalue weighted by molar-refractivity contribution is 0.0910. The van der Waals surface area contributed by atoms with Gasteiger partial charge in [0, 0.05) is 11.3 Å². The number of hydrogen-bond donors (Lipinski definition) is 0. The van der Waals surface area contributed by atoms with E-state index in [1.54, 1.807) is 84.9 Å². The lowest BCUT2D eigenvalue weighted by Gasteiger charge is -2.28. The molecular formula is C41H26N2O6. The number of amides is 3. The fraction of sp³-hybridized carbons (Fsp3) is 0.0244. The van der Waals surface area contributed by atoms with E-state index in [-0.39, 0.29) is 23.8 Å². The minimum absolute atomic E-state index is 0.116. The van der Waals surface area contributed by atoms with Gasteiger partial charge in [0.15, 0.2) is 5.78 Å². The van der Waals surface area contributed by atoms with Crippen molar-refractivity contribution in [3.05, 3.63) is 168 Å². The van der Waals surface area contributed by atoms with Gasteiger partial charge in [-0.05, 0) is 108 Å². The molecule has 8 heteroatoms. The number of nitrogens with zero attached hydrogens (tertiary/aromatic N) is 2. The predicted molar refractivity (Wildman–Crippen MR) is 185 cm³/mol. The molecule has 0 aliphatic carbocycles. The fourth-order valence-corrected chi connectivity index (χ4v) is 6.06. The van der Waals surface area contributed by atoms with Crippen molar-refractivity contribution in [1.82, 2.24) is 0 Å². The zero-order chi connectivity index (χ0) is 33.5. The minimum atomic E-state index is -0.446. The zero-order valence-corrected chi connectivity index (χ0v) is 25.9. The van der Waals surface area contributed by atoms with Crippen LogP contribution in [0, 0.1) is 0 Å². The monoisotopic (exact) mass is 642 g/mol. The van der Waals surface area contributed by atoms with Gasteiger partial charge in [0.2, 0.25) is 0 Å². The Balaban J connectivity index is 1.01. The summed E-state index contributed by atoms with van der Waals surface area (Å²) in [6.07, 6.45) is 0. The van der Waals surface area contributed by atoms with E-state index < -0.39 is 11.8 Å². The Morgan fingerprint density at radius 3 is 1.41 bits per heavy atom. The van der Waals surface area contributed by atoms with Crippen LogP contribution in [0.4, 0.5) is 11.4 Å². The van der Waals surface area contributed by atoms with E-state index in [0.717, 1.165) is 4.90 Å². The molecule has 49 heavy (non-hydrogen) atoms. The van der Waals surface area contributed by atoms with Gasteiger partial charge in [-0.15, -0.1) is 0 Å². The first-order chi connectivity index (χ1) is 23.9. The average Bonchev–Trinajstić information content (AvgIpc) is 3.39. The fourth-order valence-electron chi connectivity index (χ4n) is 6.06. The third-order valence-electron chi connectivity index (χ3n) is 8.52. The van der Waals surface area contributed by atoms with Gasteiger partial charge in [0.05, 0.1) is 28.9 Å². The van der Waals surface area contributed by atoms with Gasteiger partial charge >= 0.3 is 0 Å². The Bertz CT molecular complexity index is 2270. The molecular weight excluding hydrogens is 616 g/mol. The van der Waals surface area contributed by atoms with Crippen molar-refractivity contribution in [3.8, 4) is 34.1 Å². The molecule has 0 bridgehead atoms. The molecule has 0 aromatic heterocycles. The van der Waals surface area contributed by atoms with E-state index in [4.69, 9.17) is 9.47 Å². The first-order valence-corrected chi connectivity index (χ1v) is 15.6. The molecule has 236 valence electrons. The Kier molecular flexibility index (Phi) is 7.30. The molecule has 8 rings (SSSR count). The van der Waals surface area contributed by atoms with Gasteiger partial charge in [-0.1, -0.05) is 48.5 Å². The summed E-state index contributed by atoms with van der Waals surface area (Å²) in [7, 11) is 0. The number of para-hydroxylation sites is 2. The van der Waals surface area contributed by atoms with Crippen LogP contribution < -0.4 is 19.3 Å². The molecule has 0 N–H and O–H groups in total. The molecule has 0 atom stereocenters. The van der Waals surface area contributed by atoms with Crippen LogP contribution in [0.3, 0.4) is 0 Å². The number of carbonyl (C=O) groups excluding carboxylic acids is 4. The van der Waals surface area contributed by atoms with Gasteiger partial charge in [0.1, 0.15) is 23.0 Å². The largest absolute Gasteiger partial charge is 0.457 e. The second-order valence-corrected chi connectivity index (χ2v) is 11.6. The summed E-state index contributed by atoms with van der Waals surface area (Å²) in [6.45, 7) is -0.116. The lowest BCUT2D eigenvalue weighted by Crippen LogP contribution is -2.41. The maximum absolute atomic E-state index is 13.5. The Hall–Kier alpha value is -6.80. The van der Waals surface area contributed by atoms with E-state index in [2.05, 4.69) is 0 Å². The summed E-state index contributed by atoms with van der Waals surface area (Å²) in [6, 6.07) is 42.5. The number of hydrogen-bond acceptors (Lipinski definition) is 6. The first kappa shape index (κ1) is 29.6. The molecule has 8 nitrogen and oxygen atoms in total. The van der Waals surface area contributed by atoms with Gasteiger partial charge in [-0.3, -0.25) is 19.2 Å². The summed E-state index contributed by atoms with van der Waals surface area (Å²) in [5, 5.41) is 0. The second kappa shape index (κ2) is 12.1. The van der Waals surface area contributed by atoms with Crippen LogP contribution in [0.15, 0.2) is 146 Å². The maximum Gasteiger partial charge on any atom is 0.266 e. The highest BCUT2D eigenvalue weighted by molar-refractivity contribution is 6.34. The molecule has 0 fully saturated rings. The summed E-state index contributed by atoms with van der Waals surface area (Å²) < 4.78 is 11.7. The van der Waals surface area contributed by atoms with Crippen LogP contribution >= 0.6 is 0 Å². The van der Waals surface area contributed by atoms with Crippen molar-refractivity contribution in [1.29, 1.82) is 0 Å². The van der Waals surface area contributed by atoms with Crippen molar-refractivity contribution < 1.29 is 28.7 Å². The SMILES string of the molecule is O=C1CN(c2ccc(Oc3ccccc3)cc2)C(=O)c2ccc(-c3ccc4c(c3)C(=O)N(c3ccc(Oc5ccccc5)cc3)C4=O)cc21. The van der Waals surface area contributed by atoms with Crippen molar-refractivity contribution in [2.24, 2.45) is 0 Å². The van der Waals surface area contributed by atoms with Crippen molar-refractivity contribution in [2.75, 3.05) is 16.3 Å². The van der Waals surface area contributed by atoms with Gasteiger partial charge in [0.25, 0.3) is 17.7 Å². The number of ether oxygens (including phenoxy) is 2. The normalized spacial score (nSPS) is 13.7. The molecule has 3 amide bonds. The van der Waals surface area contributed by atoms with Gasteiger partial charge < -0.3 is 14.4 Å². The molecule has 0 spiro atoms. The van der Waals surface area contributed by atoms with Crippen molar-refractivity contribution >= 4 is 34.9 Å². The van der Waals surface area contributed by atoms with Crippen LogP contribution in [0.1, 0.15) is 41.4 Å². The topological polar surface area (TPSA) is 93.2 Å². The molecule has 0 unspecified atom stereocenters. The summed E-state index contributed by atoms with van der Waals surface area (Å²) in [5.41, 5.74) is 3.46. The molecule has 6 aromatic rings. The standard InChI is InChI=1S/C41H26N2O6/c44-38-25-42(28-13-17-32(18-14-28)48-30-7-3-1-4-8-30)39(45)34-21-11-26(23-36(34)38)27-12-22-35-37(24-27)41(47)43(40(35)46)29-15-19-33(20-16-29)49-31-9-5-2-6-10-31/h1-24H,25H2. The predicted octanol–water partition coefficient (Wildman–Crippen LogP) is 8.58. The Labute approximate surface area is 281 Å². The number of anilines is 2. The lowest BCUT2D eigenvalue weighted by atomic mass is 9.92. The van der Waals surface area contributed by atoms with E-state index in [0.29, 0.717) is 62.2 Å². The van der Waals surface area contributed by atoms with Crippen LogP contribution in [0.5, 0.6) is 23.0 Å². The number of imide groups is 1. The summed E-state index contributed by atoms with van der Waals surface area (Å²) in [4.78, 5) is 56.4. The molecule has 2 aliphatic heterocycles. The molecule has 6 aromatic carbocycles. The Morgan fingerprint density at radius 1 is 0.408 bits per heavy atom. The number of fused-ring (bicyclic) bond motifs is 2. The van der Waals surface area contributed by atoms with E-state index >= 15 is 0 Å². The third kappa shape index (κ3) is 5.51. The van der Waals surface area contributed by atoms with E-state index in [1.165, 1.54) is 4.90 Å². The number of ketones is 1. The van der Waals surface area contributed by atoms with Crippen LogP contribution in [0.25, 0.3) is 11.1 Å². The smallest absolute Gasteiger partial charge is 0.266 e. The quantitative estimate of drug-likeness (QED) is 0.162. The highest BCUT2D eigenvalue weighted by atomic mass is 16.5. The second-order valence-electron chi connectivity index (χ2n) is 11.6. The van der Waals surface area contributed by atoms with E-state index in [1.807, 2.05) is 60.7 Å². The van der Waals surface area contributed by atoms with E-state index in [9.17, 15) is 19.2 Å². The highest BCUT2D eigenvalue weighted by Gasteiger charge is 2.37. The van der Waals surface area contributed by atoms with Gasteiger partial charge in [-0.25, -0.2) is 4.90 Å². The zero-order valence-electron chi connectivity index (χ0n) is 25.9. The van der Waals surface area contributed by atoms with Crippen LogP contribution in [-0.4, -0.2) is 30.0 Å². The van der Waals surface area contributed by atoms with Crippen molar-refractivity contribution in [3.63, 3.8) is 0 Å². The highest BCUT2D eigenvalue weighted by Crippen LogP contribution is 2.35. The Morgan fingerprint density at radius 2 is 0.857 bits per heavy atom. The molecule has 2 heterocycles. The molecule has 0 saturated heterocycles. The molecule has 0 saturated carbocycles. The molecule has 0 radical (unpaired) electrons.